The van der Waals surface area contributed by atoms with Gasteiger partial charge in [-0.05, 0) is 30.7 Å². The van der Waals surface area contributed by atoms with E-state index >= 15 is 0 Å². The SMILES string of the molecule is Cc1ccc(C(N)=NO)cc1-c1nc2ccccn2c1C=O. The Morgan fingerprint density at radius 2 is 2.18 bits per heavy atom. The van der Waals surface area contributed by atoms with Gasteiger partial charge >= 0.3 is 0 Å². The highest BCUT2D eigenvalue weighted by molar-refractivity contribution is 5.99. The number of hydrogen-bond acceptors (Lipinski definition) is 4. The molecule has 3 rings (SSSR count). The molecule has 2 heterocycles. The van der Waals surface area contributed by atoms with Gasteiger partial charge in [-0.25, -0.2) is 4.98 Å². The maximum Gasteiger partial charge on any atom is 0.170 e. The highest BCUT2D eigenvalue weighted by Crippen LogP contribution is 2.27. The van der Waals surface area contributed by atoms with Crippen LogP contribution in [0.1, 0.15) is 21.6 Å². The van der Waals surface area contributed by atoms with Crippen molar-refractivity contribution in [2.24, 2.45) is 10.9 Å². The van der Waals surface area contributed by atoms with Crippen LogP contribution < -0.4 is 5.73 Å². The molecule has 0 aliphatic heterocycles. The first kappa shape index (κ1) is 13.8. The fraction of sp³-hybridized carbons (Fsp3) is 0.0625. The fourth-order valence-electron chi connectivity index (χ4n) is 2.42. The second-order valence-electron chi connectivity index (χ2n) is 4.91. The molecule has 0 atom stereocenters. The smallest absolute Gasteiger partial charge is 0.170 e. The second-order valence-corrected chi connectivity index (χ2v) is 4.91. The highest BCUT2D eigenvalue weighted by Gasteiger charge is 2.16. The minimum Gasteiger partial charge on any atom is -0.409 e. The van der Waals surface area contributed by atoms with Gasteiger partial charge in [-0.3, -0.25) is 9.20 Å². The Bertz CT molecular complexity index is 896. The molecule has 6 nitrogen and oxygen atoms in total. The number of oxime groups is 1. The van der Waals surface area contributed by atoms with Crippen LogP contribution >= 0.6 is 0 Å². The van der Waals surface area contributed by atoms with Crippen molar-refractivity contribution in [3.63, 3.8) is 0 Å². The lowest BCUT2D eigenvalue weighted by molar-refractivity contribution is 0.111. The van der Waals surface area contributed by atoms with Crippen LogP contribution in [0.25, 0.3) is 16.9 Å². The Morgan fingerprint density at radius 1 is 1.36 bits per heavy atom. The molecule has 3 N–H and O–H groups in total. The third kappa shape index (κ3) is 2.10. The van der Waals surface area contributed by atoms with Crippen LogP contribution in [-0.4, -0.2) is 26.7 Å². The van der Waals surface area contributed by atoms with Gasteiger partial charge in [0.05, 0.1) is 0 Å². The standard InChI is InChI=1S/C16H14N4O2/c1-10-5-6-11(16(17)19-22)8-12(10)15-13(9-21)20-7-3-2-4-14(20)18-15/h2-9,22H,1H3,(H2,17,19). The molecule has 0 radical (unpaired) electrons. The quantitative estimate of drug-likeness (QED) is 0.255. The summed E-state index contributed by atoms with van der Waals surface area (Å²) >= 11 is 0. The number of amidine groups is 1. The summed E-state index contributed by atoms with van der Waals surface area (Å²) in [6.07, 6.45) is 2.57. The summed E-state index contributed by atoms with van der Waals surface area (Å²) in [5.41, 5.74) is 9.66. The molecule has 0 bridgehead atoms. The molecular formula is C16H14N4O2. The lowest BCUT2D eigenvalue weighted by Crippen LogP contribution is -2.13. The zero-order chi connectivity index (χ0) is 15.7. The summed E-state index contributed by atoms with van der Waals surface area (Å²) in [7, 11) is 0. The lowest BCUT2D eigenvalue weighted by Gasteiger charge is -2.07. The topological polar surface area (TPSA) is 93.0 Å². The van der Waals surface area contributed by atoms with Gasteiger partial charge in [-0.1, -0.05) is 23.4 Å². The van der Waals surface area contributed by atoms with Gasteiger partial charge in [-0.2, -0.15) is 0 Å². The predicted molar refractivity (Wildman–Crippen MR) is 83.3 cm³/mol. The number of imidazole rings is 1. The number of nitrogens with zero attached hydrogens (tertiary/aromatic N) is 3. The van der Waals surface area contributed by atoms with Gasteiger partial charge in [0.1, 0.15) is 17.0 Å². The van der Waals surface area contributed by atoms with E-state index in [1.165, 1.54) is 0 Å². The van der Waals surface area contributed by atoms with E-state index in [4.69, 9.17) is 10.9 Å². The summed E-state index contributed by atoms with van der Waals surface area (Å²) in [5, 5.41) is 11.8. The van der Waals surface area contributed by atoms with Gasteiger partial charge in [0.2, 0.25) is 0 Å². The van der Waals surface area contributed by atoms with E-state index in [0.717, 1.165) is 17.4 Å². The first-order valence-corrected chi connectivity index (χ1v) is 6.67. The minimum atomic E-state index is 0.0117. The van der Waals surface area contributed by atoms with Crippen LogP contribution in [-0.2, 0) is 0 Å². The number of rotatable bonds is 3. The molecule has 0 saturated carbocycles. The van der Waals surface area contributed by atoms with Gasteiger partial charge in [-0.15, -0.1) is 0 Å². The van der Waals surface area contributed by atoms with Crippen molar-refractivity contribution in [1.82, 2.24) is 9.38 Å². The fourth-order valence-corrected chi connectivity index (χ4v) is 2.42. The summed E-state index contributed by atoms with van der Waals surface area (Å²) in [6, 6.07) is 10.9. The van der Waals surface area contributed by atoms with Crippen molar-refractivity contribution in [2.45, 2.75) is 6.92 Å². The number of aryl methyl sites for hydroxylation is 1. The summed E-state index contributed by atoms with van der Waals surface area (Å²) in [4.78, 5) is 16.0. The molecule has 6 heteroatoms. The third-order valence-corrected chi connectivity index (χ3v) is 3.57. The molecule has 0 saturated heterocycles. The average molecular weight is 294 g/mol. The van der Waals surface area contributed by atoms with Crippen LogP contribution in [0.4, 0.5) is 0 Å². The van der Waals surface area contributed by atoms with Crippen LogP contribution in [0, 0.1) is 6.92 Å². The summed E-state index contributed by atoms with van der Waals surface area (Å²) in [6.45, 7) is 1.92. The minimum absolute atomic E-state index is 0.0117. The van der Waals surface area contributed by atoms with Crippen molar-refractivity contribution in [2.75, 3.05) is 0 Å². The van der Waals surface area contributed by atoms with E-state index in [1.54, 1.807) is 22.7 Å². The molecule has 0 unspecified atom stereocenters. The largest absolute Gasteiger partial charge is 0.409 e. The molecule has 0 aliphatic carbocycles. The molecule has 3 aromatic rings. The number of nitrogens with two attached hydrogens (primary N) is 1. The normalized spacial score (nSPS) is 11.8. The Hall–Kier alpha value is -3.15. The predicted octanol–water partition coefficient (Wildman–Crippen LogP) is 2.22. The van der Waals surface area contributed by atoms with E-state index in [0.29, 0.717) is 22.6 Å². The van der Waals surface area contributed by atoms with Crippen molar-refractivity contribution in [1.29, 1.82) is 0 Å². The molecular weight excluding hydrogens is 280 g/mol. The van der Waals surface area contributed by atoms with Crippen LogP contribution in [0.5, 0.6) is 0 Å². The highest BCUT2D eigenvalue weighted by atomic mass is 16.4. The average Bonchev–Trinajstić information content (AvgIpc) is 2.92. The van der Waals surface area contributed by atoms with Crippen molar-refractivity contribution >= 4 is 17.8 Å². The van der Waals surface area contributed by atoms with Crippen molar-refractivity contribution in [3.05, 3.63) is 59.4 Å². The van der Waals surface area contributed by atoms with Gasteiger partial charge in [0.15, 0.2) is 12.1 Å². The molecule has 0 aliphatic rings. The number of aromatic nitrogens is 2. The molecule has 110 valence electrons. The molecule has 2 aromatic heterocycles. The van der Waals surface area contributed by atoms with E-state index in [2.05, 4.69) is 10.1 Å². The second kappa shape index (κ2) is 5.33. The van der Waals surface area contributed by atoms with E-state index in [-0.39, 0.29) is 5.84 Å². The number of pyridine rings is 1. The van der Waals surface area contributed by atoms with Gasteiger partial charge in [0.25, 0.3) is 0 Å². The molecule has 0 spiro atoms. The Balaban J connectivity index is 2.29. The maximum atomic E-state index is 11.5. The first-order valence-electron chi connectivity index (χ1n) is 6.67. The zero-order valence-corrected chi connectivity index (χ0v) is 11.9. The van der Waals surface area contributed by atoms with E-state index < -0.39 is 0 Å². The number of aldehydes is 1. The van der Waals surface area contributed by atoms with E-state index in [9.17, 15) is 4.79 Å². The molecule has 1 aromatic carbocycles. The Morgan fingerprint density at radius 3 is 2.91 bits per heavy atom. The monoisotopic (exact) mass is 294 g/mol. The molecule has 22 heavy (non-hydrogen) atoms. The summed E-state index contributed by atoms with van der Waals surface area (Å²) in [5.74, 6) is 0.0117. The number of hydrogen-bond donors (Lipinski definition) is 2. The maximum absolute atomic E-state index is 11.5. The van der Waals surface area contributed by atoms with Gasteiger partial charge < -0.3 is 10.9 Å². The Labute approximate surface area is 126 Å². The van der Waals surface area contributed by atoms with E-state index in [1.807, 2.05) is 31.2 Å². The summed E-state index contributed by atoms with van der Waals surface area (Å²) < 4.78 is 1.73. The van der Waals surface area contributed by atoms with Gasteiger partial charge in [0, 0.05) is 17.3 Å². The van der Waals surface area contributed by atoms with Crippen LogP contribution in [0.2, 0.25) is 0 Å². The number of benzene rings is 1. The van der Waals surface area contributed by atoms with Crippen LogP contribution in [0.15, 0.2) is 47.8 Å². The third-order valence-electron chi connectivity index (χ3n) is 3.57. The first-order chi connectivity index (χ1) is 10.7. The number of carbonyl (C=O) groups is 1. The zero-order valence-electron chi connectivity index (χ0n) is 11.9. The lowest BCUT2D eigenvalue weighted by atomic mass is 10.0. The van der Waals surface area contributed by atoms with Crippen LogP contribution in [0.3, 0.4) is 0 Å². The number of fused-ring (bicyclic) bond motifs is 1. The molecule has 0 fully saturated rings. The van der Waals surface area contributed by atoms with Crippen molar-refractivity contribution in [3.8, 4) is 11.3 Å². The Kier molecular flexibility index (Phi) is 3.34. The van der Waals surface area contributed by atoms with Crippen molar-refractivity contribution < 1.29 is 10.0 Å². The molecule has 0 amide bonds. The number of carbonyl (C=O) groups excluding carboxylic acids is 1.